The Bertz CT molecular complexity index is 379. The number of nitrogens with zero attached hydrogens (tertiary/aromatic N) is 3. The minimum atomic E-state index is 0. The van der Waals surface area contributed by atoms with Gasteiger partial charge in [0, 0.05) is 46.3 Å². The molecule has 2 N–H and O–H groups in total. The second kappa shape index (κ2) is 15.8. The number of hydrogen-bond donors (Lipinski definition) is 2. The highest BCUT2D eigenvalue weighted by atomic mass is 127. The molecule has 0 amide bonds. The average molecular weight is 496 g/mol. The molecule has 1 rings (SSSR count). The minimum Gasteiger partial charge on any atom is -0.356 e. The van der Waals surface area contributed by atoms with Crippen LogP contribution in [0.2, 0.25) is 0 Å². The van der Waals surface area contributed by atoms with E-state index in [-0.39, 0.29) is 24.0 Å². The lowest BCUT2D eigenvalue weighted by atomic mass is 9.87. The summed E-state index contributed by atoms with van der Waals surface area (Å²) in [6, 6.07) is 0. The summed E-state index contributed by atoms with van der Waals surface area (Å²) in [5.74, 6) is 0.949. The molecule has 0 aromatic heterocycles. The van der Waals surface area contributed by atoms with Gasteiger partial charge in [0.2, 0.25) is 0 Å². The molecule has 0 radical (unpaired) electrons. The number of guanidine groups is 1. The van der Waals surface area contributed by atoms with E-state index in [1.54, 1.807) is 0 Å². The van der Waals surface area contributed by atoms with Crippen molar-refractivity contribution in [1.29, 1.82) is 0 Å². The third-order valence-corrected chi connectivity index (χ3v) is 5.52. The fourth-order valence-electron chi connectivity index (χ4n) is 3.48. The summed E-state index contributed by atoms with van der Waals surface area (Å²) in [6.45, 7) is 18.6. The molecule has 0 bridgehead atoms. The van der Waals surface area contributed by atoms with Gasteiger partial charge >= 0.3 is 0 Å². The predicted molar refractivity (Wildman–Crippen MR) is 130 cm³/mol. The van der Waals surface area contributed by atoms with Crippen molar-refractivity contribution in [2.24, 2.45) is 10.4 Å². The molecular formula is C21H46IN5. The van der Waals surface area contributed by atoms with Crippen LogP contribution in [-0.2, 0) is 0 Å². The molecule has 0 unspecified atom stereocenters. The highest BCUT2D eigenvalue weighted by molar-refractivity contribution is 14.0. The van der Waals surface area contributed by atoms with Crippen LogP contribution in [0.5, 0.6) is 0 Å². The first kappa shape index (κ1) is 26.9. The Balaban J connectivity index is 0.00000676. The smallest absolute Gasteiger partial charge is 0.190 e. The molecular weight excluding hydrogens is 449 g/mol. The van der Waals surface area contributed by atoms with Gasteiger partial charge in [-0.3, -0.25) is 4.99 Å². The van der Waals surface area contributed by atoms with Gasteiger partial charge in [0.25, 0.3) is 0 Å². The van der Waals surface area contributed by atoms with Gasteiger partial charge < -0.3 is 20.4 Å². The summed E-state index contributed by atoms with van der Waals surface area (Å²) in [5.41, 5.74) is 0.327. The third-order valence-electron chi connectivity index (χ3n) is 5.52. The molecule has 1 heterocycles. The molecule has 5 nitrogen and oxygen atoms in total. The molecule has 0 spiro atoms. The molecule has 0 saturated carbocycles. The van der Waals surface area contributed by atoms with Gasteiger partial charge in [-0.15, -0.1) is 24.0 Å². The number of aliphatic imine (C=N–C) groups is 1. The van der Waals surface area contributed by atoms with Crippen molar-refractivity contribution >= 4 is 29.9 Å². The number of hydrogen-bond acceptors (Lipinski definition) is 3. The van der Waals surface area contributed by atoms with E-state index in [2.05, 4.69) is 53.1 Å². The van der Waals surface area contributed by atoms with Crippen molar-refractivity contribution < 1.29 is 0 Å². The van der Waals surface area contributed by atoms with Crippen molar-refractivity contribution in [1.82, 2.24) is 20.4 Å². The standard InChI is InChI=1S/C21H45N5.HI/c1-6-8-9-12-21(3,4)19-24-20(22-5)23-13-10-11-14-26-17-15-25(7-2)16-18-26;/h6-19H2,1-5H3,(H2,22,23,24);1H. The lowest BCUT2D eigenvalue weighted by Crippen LogP contribution is -2.46. The number of unbranched alkanes of at least 4 members (excludes halogenated alkanes) is 3. The normalized spacial score (nSPS) is 16.9. The molecule has 0 aromatic rings. The first-order valence-corrected chi connectivity index (χ1v) is 10.9. The van der Waals surface area contributed by atoms with Crippen LogP contribution in [0.1, 0.15) is 66.2 Å². The lowest BCUT2D eigenvalue weighted by Gasteiger charge is -2.34. The third kappa shape index (κ3) is 12.9. The van der Waals surface area contributed by atoms with Gasteiger partial charge in [-0.2, -0.15) is 0 Å². The molecule has 1 fully saturated rings. The van der Waals surface area contributed by atoms with Gasteiger partial charge in [0.15, 0.2) is 5.96 Å². The van der Waals surface area contributed by atoms with Crippen LogP contribution >= 0.6 is 24.0 Å². The summed E-state index contributed by atoms with van der Waals surface area (Å²) >= 11 is 0. The number of likely N-dealkylation sites (N-methyl/N-ethyl adjacent to an activating group) is 1. The molecule has 0 aliphatic carbocycles. The van der Waals surface area contributed by atoms with E-state index < -0.39 is 0 Å². The summed E-state index contributed by atoms with van der Waals surface area (Å²) in [5, 5.41) is 6.99. The Hall–Kier alpha value is -0.0800. The zero-order chi connectivity index (χ0) is 19.3. The summed E-state index contributed by atoms with van der Waals surface area (Å²) in [4.78, 5) is 9.52. The number of nitrogens with one attached hydrogen (secondary N) is 2. The number of piperazine rings is 1. The molecule has 6 heteroatoms. The largest absolute Gasteiger partial charge is 0.356 e. The topological polar surface area (TPSA) is 42.9 Å². The van der Waals surface area contributed by atoms with Gasteiger partial charge in [0.05, 0.1) is 0 Å². The zero-order valence-electron chi connectivity index (χ0n) is 18.6. The molecule has 1 aliphatic heterocycles. The Morgan fingerprint density at radius 2 is 1.59 bits per heavy atom. The zero-order valence-corrected chi connectivity index (χ0v) is 21.0. The van der Waals surface area contributed by atoms with Gasteiger partial charge in [-0.1, -0.05) is 47.0 Å². The average Bonchev–Trinajstić information content (AvgIpc) is 2.64. The summed E-state index contributed by atoms with van der Waals surface area (Å²) in [6.07, 6.45) is 7.69. The summed E-state index contributed by atoms with van der Waals surface area (Å²) < 4.78 is 0. The van der Waals surface area contributed by atoms with Crippen LogP contribution in [-0.4, -0.2) is 75.2 Å². The molecule has 1 saturated heterocycles. The van der Waals surface area contributed by atoms with Crippen LogP contribution in [0.15, 0.2) is 4.99 Å². The first-order chi connectivity index (χ1) is 12.5. The first-order valence-electron chi connectivity index (χ1n) is 10.9. The highest BCUT2D eigenvalue weighted by Crippen LogP contribution is 2.22. The highest BCUT2D eigenvalue weighted by Gasteiger charge is 2.17. The maximum atomic E-state index is 4.37. The second-order valence-corrected chi connectivity index (χ2v) is 8.46. The van der Waals surface area contributed by atoms with Crippen LogP contribution in [0, 0.1) is 5.41 Å². The molecule has 27 heavy (non-hydrogen) atoms. The summed E-state index contributed by atoms with van der Waals surface area (Å²) in [7, 11) is 1.87. The van der Waals surface area contributed by atoms with E-state index in [9.17, 15) is 0 Å². The molecule has 0 aromatic carbocycles. The van der Waals surface area contributed by atoms with Crippen LogP contribution in [0.25, 0.3) is 0 Å². The fourth-order valence-corrected chi connectivity index (χ4v) is 3.48. The Kier molecular flexibility index (Phi) is 15.8. The molecule has 162 valence electrons. The van der Waals surface area contributed by atoms with Gasteiger partial charge in [-0.25, -0.2) is 0 Å². The SMILES string of the molecule is CCCCCC(C)(C)CNC(=NC)NCCCCN1CCN(CC)CC1.I. The van der Waals surface area contributed by atoms with Crippen molar-refractivity contribution in [2.45, 2.75) is 66.2 Å². The predicted octanol–water partition coefficient (Wildman–Crippen LogP) is 3.79. The Morgan fingerprint density at radius 1 is 0.926 bits per heavy atom. The van der Waals surface area contributed by atoms with Crippen molar-refractivity contribution in [2.75, 3.05) is 59.4 Å². The van der Waals surface area contributed by atoms with Crippen molar-refractivity contribution in [3.63, 3.8) is 0 Å². The fraction of sp³-hybridized carbons (Fsp3) is 0.952. The van der Waals surface area contributed by atoms with E-state index in [4.69, 9.17) is 0 Å². The number of halogens is 1. The molecule has 1 aliphatic rings. The van der Waals surface area contributed by atoms with Gasteiger partial charge in [0.1, 0.15) is 0 Å². The minimum absolute atomic E-state index is 0. The van der Waals surface area contributed by atoms with Gasteiger partial charge in [-0.05, 0) is 37.8 Å². The van der Waals surface area contributed by atoms with E-state index in [1.807, 2.05) is 7.05 Å². The Labute approximate surface area is 186 Å². The van der Waals surface area contributed by atoms with E-state index >= 15 is 0 Å². The maximum Gasteiger partial charge on any atom is 0.190 e. The van der Waals surface area contributed by atoms with Crippen LogP contribution < -0.4 is 10.6 Å². The van der Waals surface area contributed by atoms with Crippen LogP contribution in [0.4, 0.5) is 0 Å². The van der Waals surface area contributed by atoms with Crippen molar-refractivity contribution in [3.8, 4) is 0 Å². The van der Waals surface area contributed by atoms with E-state index in [0.29, 0.717) is 5.41 Å². The van der Waals surface area contributed by atoms with Crippen LogP contribution in [0.3, 0.4) is 0 Å². The maximum absolute atomic E-state index is 4.37. The van der Waals surface area contributed by atoms with E-state index in [0.717, 1.165) is 19.0 Å². The second-order valence-electron chi connectivity index (χ2n) is 8.46. The molecule has 0 atom stereocenters. The van der Waals surface area contributed by atoms with E-state index in [1.165, 1.54) is 77.8 Å². The number of rotatable bonds is 12. The lowest BCUT2D eigenvalue weighted by molar-refractivity contribution is 0.136. The Morgan fingerprint density at radius 3 is 2.19 bits per heavy atom. The quantitative estimate of drug-likeness (QED) is 0.187. The monoisotopic (exact) mass is 495 g/mol. The van der Waals surface area contributed by atoms with Crippen molar-refractivity contribution in [3.05, 3.63) is 0 Å².